The summed E-state index contributed by atoms with van der Waals surface area (Å²) in [5.41, 5.74) is 1.59. The predicted molar refractivity (Wildman–Crippen MR) is 59.2 cm³/mol. The van der Waals surface area contributed by atoms with Gasteiger partial charge >= 0.3 is 5.97 Å². The molecule has 4 heteroatoms. The highest BCUT2D eigenvalue weighted by Gasteiger charge is 2.16. The van der Waals surface area contributed by atoms with Gasteiger partial charge in [-0.1, -0.05) is 6.92 Å². The molecule has 0 saturated heterocycles. The fourth-order valence-corrected chi connectivity index (χ4v) is 2.23. The van der Waals surface area contributed by atoms with E-state index in [9.17, 15) is 4.79 Å². The van der Waals surface area contributed by atoms with Crippen molar-refractivity contribution in [2.75, 3.05) is 19.0 Å². The molecule has 1 aromatic heterocycles. The largest absolute Gasteiger partial charge is 0.465 e. The molecule has 0 fully saturated rings. The first-order valence-electron chi connectivity index (χ1n) is 4.67. The van der Waals surface area contributed by atoms with Gasteiger partial charge in [0.25, 0.3) is 0 Å². The maximum Gasteiger partial charge on any atom is 0.340 e. The van der Waals surface area contributed by atoms with Crippen LogP contribution < -0.4 is 5.32 Å². The summed E-state index contributed by atoms with van der Waals surface area (Å²) < 4.78 is 4.71. The van der Waals surface area contributed by atoms with Crippen LogP contribution in [-0.2, 0) is 11.2 Å². The Bertz CT molecular complexity index is 320. The quantitative estimate of drug-likeness (QED) is 0.781. The lowest BCUT2D eigenvalue weighted by Gasteiger charge is -2.06. The molecule has 0 aliphatic heterocycles. The molecule has 0 aromatic carbocycles. The number of hydrogen-bond acceptors (Lipinski definition) is 4. The normalized spacial score (nSPS) is 9.93. The number of carbonyl (C=O) groups is 1. The van der Waals surface area contributed by atoms with E-state index in [1.807, 2.05) is 12.3 Å². The third kappa shape index (κ3) is 2.07. The van der Waals surface area contributed by atoms with Crippen LogP contribution in [-0.4, -0.2) is 19.6 Å². The van der Waals surface area contributed by atoms with Crippen LogP contribution >= 0.6 is 11.3 Å². The summed E-state index contributed by atoms with van der Waals surface area (Å²) in [4.78, 5) is 12.6. The lowest BCUT2D eigenvalue weighted by atomic mass is 10.2. The minimum absolute atomic E-state index is 0.267. The second-order valence-electron chi connectivity index (χ2n) is 2.82. The minimum atomic E-state index is -0.267. The standard InChI is InChI=1S/C10H15NO2S/c1-4-8-9(11-5-2)7(6-14-8)10(12)13-3/h6,11H,4-5H2,1-3H3. The monoisotopic (exact) mass is 213 g/mol. The molecule has 1 rings (SSSR count). The summed E-state index contributed by atoms with van der Waals surface area (Å²) in [6, 6.07) is 0. The van der Waals surface area contributed by atoms with Crippen LogP contribution in [0.1, 0.15) is 29.1 Å². The van der Waals surface area contributed by atoms with Crippen molar-refractivity contribution in [3.63, 3.8) is 0 Å². The maximum absolute atomic E-state index is 11.4. The van der Waals surface area contributed by atoms with Crippen molar-refractivity contribution in [1.29, 1.82) is 0 Å². The van der Waals surface area contributed by atoms with Crippen LogP contribution in [0.25, 0.3) is 0 Å². The third-order valence-corrected chi connectivity index (χ3v) is 3.08. The van der Waals surface area contributed by atoms with E-state index in [-0.39, 0.29) is 5.97 Å². The molecule has 0 aliphatic rings. The van der Waals surface area contributed by atoms with Crippen LogP contribution in [0.15, 0.2) is 5.38 Å². The molecule has 14 heavy (non-hydrogen) atoms. The number of carbonyl (C=O) groups excluding carboxylic acids is 1. The first kappa shape index (κ1) is 11.0. The van der Waals surface area contributed by atoms with E-state index >= 15 is 0 Å². The van der Waals surface area contributed by atoms with Crippen molar-refractivity contribution in [2.45, 2.75) is 20.3 Å². The maximum atomic E-state index is 11.4. The zero-order chi connectivity index (χ0) is 10.6. The number of aryl methyl sites for hydroxylation is 1. The molecule has 0 spiro atoms. The van der Waals surface area contributed by atoms with E-state index in [1.165, 1.54) is 12.0 Å². The van der Waals surface area contributed by atoms with E-state index in [4.69, 9.17) is 4.74 Å². The highest BCUT2D eigenvalue weighted by molar-refractivity contribution is 7.10. The van der Waals surface area contributed by atoms with Crippen molar-refractivity contribution in [2.24, 2.45) is 0 Å². The van der Waals surface area contributed by atoms with Gasteiger partial charge in [-0.25, -0.2) is 4.79 Å². The molecule has 1 heterocycles. The Kier molecular flexibility index (Phi) is 3.95. The number of ether oxygens (including phenoxy) is 1. The summed E-state index contributed by atoms with van der Waals surface area (Å²) in [6.45, 7) is 4.90. The first-order valence-corrected chi connectivity index (χ1v) is 5.55. The van der Waals surface area contributed by atoms with Gasteiger partial charge in [0.15, 0.2) is 0 Å². The topological polar surface area (TPSA) is 38.3 Å². The second kappa shape index (κ2) is 5.00. The number of esters is 1. The van der Waals surface area contributed by atoms with Gasteiger partial charge in [-0.05, 0) is 13.3 Å². The summed E-state index contributed by atoms with van der Waals surface area (Å²) >= 11 is 1.60. The Morgan fingerprint density at radius 2 is 2.29 bits per heavy atom. The number of rotatable bonds is 4. The molecule has 0 saturated carbocycles. The molecular formula is C10H15NO2S. The van der Waals surface area contributed by atoms with Gasteiger partial charge in [0.2, 0.25) is 0 Å². The van der Waals surface area contributed by atoms with Gasteiger partial charge in [-0.2, -0.15) is 0 Å². The molecule has 3 nitrogen and oxygen atoms in total. The number of nitrogens with one attached hydrogen (secondary N) is 1. The highest BCUT2D eigenvalue weighted by Crippen LogP contribution is 2.29. The predicted octanol–water partition coefficient (Wildman–Crippen LogP) is 2.53. The van der Waals surface area contributed by atoms with Gasteiger partial charge in [-0.3, -0.25) is 0 Å². The second-order valence-corrected chi connectivity index (χ2v) is 3.79. The van der Waals surface area contributed by atoms with Crippen molar-refractivity contribution in [3.05, 3.63) is 15.8 Å². The Morgan fingerprint density at radius 1 is 1.57 bits per heavy atom. The van der Waals surface area contributed by atoms with Crippen molar-refractivity contribution in [3.8, 4) is 0 Å². The number of hydrogen-bond donors (Lipinski definition) is 1. The van der Waals surface area contributed by atoms with Crippen LogP contribution in [0.4, 0.5) is 5.69 Å². The SMILES string of the molecule is CCNc1c(C(=O)OC)csc1CC. The smallest absolute Gasteiger partial charge is 0.340 e. The number of methoxy groups -OCH3 is 1. The molecule has 1 aromatic rings. The van der Waals surface area contributed by atoms with E-state index in [2.05, 4.69) is 12.2 Å². The zero-order valence-corrected chi connectivity index (χ0v) is 9.53. The summed E-state index contributed by atoms with van der Waals surface area (Å²) in [5, 5.41) is 5.05. The lowest BCUT2D eigenvalue weighted by molar-refractivity contribution is 0.0602. The van der Waals surface area contributed by atoms with Crippen LogP contribution in [0.3, 0.4) is 0 Å². The molecule has 0 unspecified atom stereocenters. The summed E-state index contributed by atoms with van der Waals surface area (Å²) in [7, 11) is 1.40. The Hall–Kier alpha value is -1.03. The van der Waals surface area contributed by atoms with Crippen LogP contribution in [0.2, 0.25) is 0 Å². The van der Waals surface area contributed by atoms with Gasteiger partial charge in [0.05, 0.1) is 18.4 Å². The molecule has 78 valence electrons. The fraction of sp³-hybridized carbons (Fsp3) is 0.500. The Labute approximate surface area is 88.1 Å². The van der Waals surface area contributed by atoms with Crippen LogP contribution in [0, 0.1) is 0 Å². The lowest BCUT2D eigenvalue weighted by Crippen LogP contribution is -2.06. The number of thiophene rings is 1. The summed E-state index contributed by atoms with van der Waals surface area (Å²) in [5.74, 6) is -0.267. The van der Waals surface area contributed by atoms with Crippen molar-refractivity contribution in [1.82, 2.24) is 0 Å². The average molecular weight is 213 g/mol. The molecular weight excluding hydrogens is 198 g/mol. The third-order valence-electron chi connectivity index (χ3n) is 1.95. The van der Waals surface area contributed by atoms with Crippen molar-refractivity contribution >= 4 is 23.0 Å². The first-order chi connectivity index (χ1) is 6.74. The van der Waals surface area contributed by atoms with Gasteiger partial charge in [0, 0.05) is 16.8 Å². The minimum Gasteiger partial charge on any atom is -0.465 e. The van der Waals surface area contributed by atoms with E-state index in [0.717, 1.165) is 18.7 Å². The number of anilines is 1. The van der Waals surface area contributed by atoms with Crippen molar-refractivity contribution < 1.29 is 9.53 Å². The Morgan fingerprint density at radius 3 is 2.79 bits per heavy atom. The fourth-order valence-electron chi connectivity index (χ4n) is 1.29. The van der Waals surface area contributed by atoms with Gasteiger partial charge < -0.3 is 10.1 Å². The van der Waals surface area contributed by atoms with E-state index in [0.29, 0.717) is 5.56 Å². The molecule has 1 N–H and O–H groups in total. The Balaban J connectivity index is 3.03. The molecule has 0 atom stereocenters. The average Bonchev–Trinajstić information content (AvgIpc) is 2.60. The molecule has 0 radical (unpaired) electrons. The molecule has 0 amide bonds. The highest BCUT2D eigenvalue weighted by atomic mass is 32.1. The van der Waals surface area contributed by atoms with Crippen LogP contribution in [0.5, 0.6) is 0 Å². The van der Waals surface area contributed by atoms with Gasteiger partial charge in [-0.15, -0.1) is 11.3 Å². The molecule has 0 aliphatic carbocycles. The summed E-state index contributed by atoms with van der Waals surface area (Å²) in [6.07, 6.45) is 0.935. The zero-order valence-electron chi connectivity index (χ0n) is 8.72. The molecule has 0 bridgehead atoms. The van der Waals surface area contributed by atoms with E-state index in [1.54, 1.807) is 11.3 Å². The van der Waals surface area contributed by atoms with E-state index < -0.39 is 0 Å². The van der Waals surface area contributed by atoms with Gasteiger partial charge in [0.1, 0.15) is 0 Å².